The van der Waals surface area contributed by atoms with Crippen LogP contribution in [0.5, 0.6) is 5.75 Å². The molecule has 2 heterocycles. The summed E-state index contributed by atoms with van der Waals surface area (Å²) < 4.78 is 10.5. The van der Waals surface area contributed by atoms with Gasteiger partial charge in [0.05, 0.1) is 4.92 Å². The number of carbonyl (C=O) groups is 1. The fourth-order valence-corrected chi connectivity index (χ4v) is 2.64. The quantitative estimate of drug-likeness (QED) is 0.238. The number of oxazole rings is 1. The maximum absolute atomic E-state index is 11.8. The van der Waals surface area contributed by atoms with E-state index in [2.05, 4.69) is 4.98 Å². The second kappa shape index (κ2) is 6.01. The van der Waals surface area contributed by atoms with Crippen LogP contribution in [0, 0.1) is 17.0 Å². The molecule has 0 saturated heterocycles. The van der Waals surface area contributed by atoms with E-state index in [1.807, 2.05) is 0 Å². The smallest absolute Gasteiger partial charge is 0.336 e. The van der Waals surface area contributed by atoms with Crippen molar-refractivity contribution in [2.24, 2.45) is 0 Å². The summed E-state index contributed by atoms with van der Waals surface area (Å²) in [5.74, 6) is 0.278. The highest BCUT2D eigenvalue weighted by molar-refractivity contribution is 7.16. The van der Waals surface area contributed by atoms with Gasteiger partial charge in [0.25, 0.3) is 0 Å². The number of nitrogens with zero attached hydrogens (tertiary/aromatic N) is 2. The molecular formula is C15H10N2O5S. The summed E-state index contributed by atoms with van der Waals surface area (Å²) in [6, 6.07) is 7.84. The maximum atomic E-state index is 11.8. The van der Waals surface area contributed by atoms with Crippen LogP contribution in [0.25, 0.3) is 17.2 Å². The molecule has 0 atom stereocenters. The molecule has 0 aliphatic rings. The molecule has 0 N–H and O–H groups in total. The first-order chi connectivity index (χ1) is 11.0. The van der Waals surface area contributed by atoms with E-state index in [4.69, 9.17) is 9.15 Å². The van der Waals surface area contributed by atoms with E-state index < -0.39 is 10.9 Å². The number of aromatic nitrogens is 1. The molecule has 0 unspecified atom stereocenters. The van der Waals surface area contributed by atoms with Crippen LogP contribution in [-0.4, -0.2) is 15.9 Å². The molecule has 2 aromatic heterocycles. The first kappa shape index (κ1) is 14.9. The van der Waals surface area contributed by atoms with Crippen LogP contribution in [0.4, 0.5) is 5.00 Å². The summed E-state index contributed by atoms with van der Waals surface area (Å²) >= 11 is 0.977. The summed E-state index contributed by atoms with van der Waals surface area (Å²) in [4.78, 5) is 26.6. The van der Waals surface area contributed by atoms with Crippen molar-refractivity contribution in [1.29, 1.82) is 0 Å². The Morgan fingerprint density at radius 2 is 2.22 bits per heavy atom. The van der Waals surface area contributed by atoms with Gasteiger partial charge in [0.1, 0.15) is 11.3 Å². The molecule has 8 heteroatoms. The van der Waals surface area contributed by atoms with Crippen molar-refractivity contribution in [1.82, 2.24) is 4.98 Å². The van der Waals surface area contributed by atoms with E-state index in [-0.39, 0.29) is 5.00 Å². The summed E-state index contributed by atoms with van der Waals surface area (Å²) in [6.07, 6.45) is 2.68. The van der Waals surface area contributed by atoms with Gasteiger partial charge >= 0.3 is 11.0 Å². The normalized spacial score (nSPS) is 11.2. The van der Waals surface area contributed by atoms with Gasteiger partial charge in [-0.25, -0.2) is 9.78 Å². The lowest BCUT2D eigenvalue weighted by Crippen LogP contribution is -2.03. The molecule has 0 amide bonds. The Morgan fingerprint density at radius 3 is 2.96 bits per heavy atom. The number of benzene rings is 1. The van der Waals surface area contributed by atoms with E-state index in [9.17, 15) is 14.9 Å². The molecule has 0 aliphatic heterocycles. The molecule has 0 bridgehead atoms. The SMILES string of the molecule is Cc1nc2ccc(OC(=O)/C=C/c3ccc([N+](=O)[O-])s3)cc2o1. The van der Waals surface area contributed by atoms with Crippen molar-refractivity contribution >= 4 is 39.5 Å². The maximum Gasteiger partial charge on any atom is 0.336 e. The number of carbonyl (C=O) groups excluding carboxylic acids is 1. The number of rotatable bonds is 4. The fraction of sp³-hybridized carbons (Fsp3) is 0.0667. The predicted molar refractivity (Wildman–Crippen MR) is 84.4 cm³/mol. The number of esters is 1. The van der Waals surface area contributed by atoms with Gasteiger partial charge in [0.15, 0.2) is 11.5 Å². The molecule has 0 aliphatic carbocycles. The van der Waals surface area contributed by atoms with Crippen molar-refractivity contribution in [2.75, 3.05) is 0 Å². The Bertz CT molecular complexity index is 925. The molecule has 23 heavy (non-hydrogen) atoms. The van der Waals surface area contributed by atoms with Crippen molar-refractivity contribution in [2.45, 2.75) is 6.92 Å². The number of nitro groups is 1. The lowest BCUT2D eigenvalue weighted by molar-refractivity contribution is -0.380. The summed E-state index contributed by atoms with van der Waals surface area (Å²) in [5, 5.41) is 10.6. The van der Waals surface area contributed by atoms with Crippen LogP contribution in [-0.2, 0) is 4.79 Å². The lowest BCUT2D eigenvalue weighted by Gasteiger charge is -1.99. The van der Waals surface area contributed by atoms with E-state index in [0.717, 1.165) is 11.3 Å². The molecule has 0 fully saturated rings. The van der Waals surface area contributed by atoms with Gasteiger partial charge in [-0.15, -0.1) is 0 Å². The van der Waals surface area contributed by atoms with Crippen LogP contribution in [0.15, 0.2) is 40.8 Å². The number of thiophene rings is 1. The average molecular weight is 330 g/mol. The van der Waals surface area contributed by atoms with Crippen LogP contribution in [0.2, 0.25) is 0 Å². The predicted octanol–water partition coefficient (Wildman–Crippen LogP) is 3.72. The number of aryl methyl sites for hydroxylation is 1. The molecule has 0 saturated carbocycles. The van der Waals surface area contributed by atoms with Crippen molar-refractivity contribution in [3.63, 3.8) is 0 Å². The molecular weight excluding hydrogens is 320 g/mol. The minimum atomic E-state index is -0.586. The number of hydrogen-bond donors (Lipinski definition) is 0. The topological polar surface area (TPSA) is 95.5 Å². The van der Waals surface area contributed by atoms with Gasteiger partial charge in [0.2, 0.25) is 0 Å². The van der Waals surface area contributed by atoms with Gasteiger partial charge in [-0.3, -0.25) is 10.1 Å². The van der Waals surface area contributed by atoms with Crippen LogP contribution in [0.1, 0.15) is 10.8 Å². The Labute approximate surface area is 134 Å². The highest BCUT2D eigenvalue weighted by Gasteiger charge is 2.09. The molecule has 1 aromatic carbocycles. The zero-order valence-electron chi connectivity index (χ0n) is 11.9. The van der Waals surface area contributed by atoms with Crippen molar-refractivity contribution in [3.8, 4) is 5.75 Å². The molecule has 0 spiro atoms. The van der Waals surface area contributed by atoms with Crippen molar-refractivity contribution < 1.29 is 18.9 Å². The first-order valence-corrected chi connectivity index (χ1v) is 7.34. The molecule has 7 nitrogen and oxygen atoms in total. The minimum absolute atomic E-state index is 0.0177. The zero-order chi connectivity index (χ0) is 16.4. The Hall–Kier alpha value is -3.00. The molecule has 3 aromatic rings. The largest absolute Gasteiger partial charge is 0.441 e. The van der Waals surface area contributed by atoms with E-state index in [1.54, 1.807) is 31.2 Å². The molecule has 3 rings (SSSR count). The van der Waals surface area contributed by atoms with Gasteiger partial charge in [-0.05, 0) is 24.3 Å². The Kier molecular flexibility index (Phi) is 3.90. The summed E-state index contributed by atoms with van der Waals surface area (Å²) in [7, 11) is 0. The van der Waals surface area contributed by atoms with Crippen LogP contribution in [0.3, 0.4) is 0 Å². The monoisotopic (exact) mass is 330 g/mol. The van der Waals surface area contributed by atoms with Gasteiger partial charge in [-0.1, -0.05) is 11.3 Å². The minimum Gasteiger partial charge on any atom is -0.441 e. The Morgan fingerprint density at radius 1 is 1.39 bits per heavy atom. The standard InChI is InChI=1S/C15H10N2O5S/c1-9-16-12-5-2-10(8-13(12)21-9)22-15(18)7-4-11-3-6-14(23-11)17(19)20/h2-8H,1H3/b7-4+. The van der Waals surface area contributed by atoms with Crippen LogP contribution >= 0.6 is 11.3 Å². The molecule has 116 valence electrons. The first-order valence-electron chi connectivity index (χ1n) is 6.52. The molecule has 0 radical (unpaired) electrons. The number of fused-ring (bicyclic) bond motifs is 1. The van der Waals surface area contributed by atoms with Crippen molar-refractivity contribution in [3.05, 3.63) is 57.3 Å². The zero-order valence-corrected chi connectivity index (χ0v) is 12.7. The van der Waals surface area contributed by atoms with E-state index in [0.29, 0.717) is 27.6 Å². The summed E-state index contributed by atoms with van der Waals surface area (Å²) in [5.41, 5.74) is 1.22. The lowest BCUT2D eigenvalue weighted by atomic mass is 10.3. The third-order valence-corrected chi connectivity index (χ3v) is 3.86. The highest BCUT2D eigenvalue weighted by atomic mass is 32.1. The third kappa shape index (κ3) is 3.43. The fourth-order valence-electron chi connectivity index (χ4n) is 1.91. The van der Waals surface area contributed by atoms with Gasteiger partial charge < -0.3 is 9.15 Å². The van der Waals surface area contributed by atoms with E-state index >= 15 is 0 Å². The Balaban J connectivity index is 1.69. The van der Waals surface area contributed by atoms with Gasteiger partial charge in [0, 0.05) is 30.0 Å². The second-order valence-corrected chi connectivity index (χ2v) is 5.64. The average Bonchev–Trinajstić information content (AvgIpc) is 3.10. The number of hydrogen-bond acceptors (Lipinski definition) is 7. The highest BCUT2D eigenvalue weighted by Crippen LogP contribution is 2.25. The van der Waals surface area contributed by atoms with Gasteiger partial charge in [-0.2, -0.15) is 0 Å². The van der Waals surface area contributed by atoms with Crippen LogP contribution < -0.4 is 4.74 Å². The van der Waals surface area contributed by atoms with E-state index in [1.165, 1.54) is 18.2 Å². The third-order valence-electron chi connectivity index (χ3n) is 2.86. The number of ether oxygens (including phenoxy) is 1. The summed E-state index contributed by atoms with van der Waals surface area (Å²) in [6.45, 7) is 1.73. The second-order valence-electron chi connectivity index (χ2n) is 4.55.